The van der Waals surface area contributed by atoms with Gasteiger partial charge in [-0.05, 0) is 60.7 Å². The fraction of sp³-hybridized carbons (Fsp3) is 0.294. The lowest BCUT2D eigenvalue weighted by atomic mass is 9.94. The molecule has 0 saturated carbocycles. The second-order valence-corrected chi connectivity index (χ2v) is 5.07. The molecular formula is C17H17FO2. The lowest BCUT2D eigenvalue weighted by Crippen LogP contribution is -2.10. The molecule has 2 aromatic rings. The van der Waals surface area contributed by atoms with Crippen LogP contribution in [0.25, 0.3) is 11.1 Å². The fourth-order valence-corrected chi connectivity index (χ4v) is 2.71. The number of methoxy groups -OCH3 is 1. The van der Waals surface area contributed by atoms with Crippen LogP contribution >= 0.6 is 0 Å². The number of halogens is 1. The van der Waals surface area contributed by atoms with Crippen LogP contribution < -0.4 is 9.47 Å². The van der Waals surface area contributed by atoms with E-state index in [-0.39, 0.29) is 5.82 Å². The van der Waals surface area contributed by atoms with E-state index in [1.165, 1.54) is 0 Å². The van der Waals surface area contributed by atoms with E-state index in [2.05, 4.69) is 0 Å². The third-order valence-electron chi connectivity index (χ3n) is 3.69. The lowest BCUT2D eigenvalue weighted by molar-refractivity contribution is 0.289. The Kier molecular flexibility index (Phi) is 3.35. The second-order valence-electron chi connectivity index (χ2n) is 5.07. The first-order valence-electron chi connectivity index (χ1n) is 6.79. The van der Waals surface area contributed by atoms with E-state index >= 15 is 0 Å². The van der Waals surface area contributed by atoms with Gasteiger partial charge in [-0.2, -0.15) is 0 Å². The van der Waals surface area contributed by atoms with Gasteiger partial charge < -0.3 is 9.47 Å². The number of ether oxygens (including phenoxy) is 2. The highest BCUT2D eigenvalue weighted by atomic mass is 19.1. The van der Waals surface area contributed by atoms with E-state index in [0.717, 1.165) is 46.6 Å². The van der Waals surface area contributed by atoms with Crippen molar-refractivity contribution in [3.63, 3.8) is 0 Å². The zero-order valence-electron chi connectivity index (χ0n) is 11.7. The van der Waals surface area contributed by atoms with Gasteiger partial charge in [-0.25, -0.2) is 4.39 Å². The molecule has 0 saturated heterocycles. The standard InChI is InChI=1S/C17H17FO2/c1-11-8-14(19-2)5-6-15(11)16-10-13(18)9-12-4-3-7-20-17(12)16/h5-6,8-10H,3-4,7H2,1-2H3. The maximum Gasteiger partial charge on any atom is 0.130 e. The van der Waals surface area contributed by atoms with E-state index in [1.54, 1.807) is 19.2 Å². The summed E-state index contributed by atoms with van der Waals surface area (Å²) in [6.07, 6.45) is 1.81. The largest absolute Gasteiger partial charge is 0.497 e. The van der Waals surface area contributed by atoms with Crippen LogP contribution in [0.3, 0.4) is 0 Å². The van der Waals surface area contributed by atoms with Crippen molar-refractivity contribution in [2.24, 2.45) is 0 Å². The summed E-state index contributed by atoms with van der Waals surface area (Å²) in [7, 11) is 1.64. The van der Waals surface area contributed by atoms with Gasteiger partial charge in [-0.1, -0.05) is 6.07 Å². The summed E-state index contributed by atoms with van der Waals surface area (Å²) in [4.78, 5) is 0. The van der Waals surface area contributed by atoms with Crippen LogP contribution in [-0.2, 0) is 6.42 Å². The van der Waals surface area contributed by atoms with Gasteiger partial charge >= 0.3 is 0 Å². The Morgan fingerprint density at radius 2 is 2.00 bits per heavy atom. The van der Waals surface area contributed by atoms with Crippen LogP contribution in [0.2, 0.25) is 0 Å². The van der Waals surface area contributed by atoms with E-state index < -0.39 is 0 Å². The van der Waals surface area contributed by atoms with Gasteiger partial charge in [-0.3, -0.25) is 0 Å². The van der Waals surface area contributed by atoms with Crippen molar-refractivity contribution < 1.29 is 13.9 Å². The fourth-order valence-electron chi connectivity index (χ4n) is 2.71. The van der Waals surface area contributed by atoms with Crippen molar-refractivity contribution in [3.05, 3.63) is 47.3 Å². The highest BCUT2D eigenvalue weighted by Gasteiger charge is 2.18. The molecule has 0 bridgehead atoms. The summed E-state index contributed by atoms with van der Waals surface area (Å²) in [5.74, 6) is 1.42. The molecule has 0 aliphatic carbocycles. The third kappa shape index (κ3) is 2.24. The van der Waals surface area contributed by atoms with Crippen LogP contribution in [-0.4, -0.2) is 13.7 Å². The molecule has 1 aliphatic heterocycles. The molecule has 2 nitrogen and oxygen atoms in total. The van der Waals surface area contributed by atoms with Crippen molar-refractivity contribution in [2.75, 3.05) is 13.7 Å². The molecule has 0 atom stereocenters. The first-order chi connectivity index (χ1) is 9.69. The van der Waals surface area contributed by atoms with Gasteiger partial charge in [-0.15, -0.1) is 0 Å². The maximum atomic E-state index is 13.8. The summed E-state index contributed by atoms with van der Waals surface area (Å²) in [6.45, 7) is 2.69. The van der Waals surface area contributed by atoms with E-state index in [0.29, 0.717) is 6.61 Å². The van der Waals surface area contributed by atoms with E-state index in [9.17, 15) is 4.39 Å². The van der Waals surface area contributed by atoms with Crippen LogP contribution in [0.1, 0.15) is 17.5 Å². The molecule has 3 rings (SSSR count). The van der Waals surface area contributed by atoms with Gasteiger partial charge in [0.2, 0.25) is 0 Å². The molecule has 20 heavy (non-hydrogen) atoms. The predicted molar refractivity (Wildman–Crippen MR) is 76.9 cm³/mol. The molecular weight excluding hydrogens is 255 g/mol. The van der Waals surface area contributed by atoms with Crippen molar-refractivity contribution in [2.45, 2.75) is 19.8 Å². The summed E-state index contributed by atoms with van der Waals surface area (Å²) in [5.41, 5.74) is 3.83. The highest BCUT2D eigenvalue weighted by Crippen LogP contribution is 2.39. The Labute approximate surface area is 118 Å². The molecule has 0 unspecified atom stereocenters. The second kappa shape index (κ2) is 5.16. The predicted octanol–water partition coefficient (Wildman–Crippen LogP) is 4.13. The Morgan fingerprint density at radius 3 is 2.75 bits per heavy atom. The lowest BCUT2D eigenvalue weighted by Gasteiger charge is -2.21. The number of aryl methyl sites for hydroxylation is 2. The molecule has 0 aromatic heterocycles. The number of hydrogen-bond donors (Lipinski definition) is 0. The van der Waals surface area contributed by atoms with Crippen molar-refractivity contribution in [1.29, 1.82) is 0 Å². The summed E-state index contributed by atoms with van der Waals surface area (Å²) in [5, 5.41) is 0. The van der Waals surface area contributed by atoms with Crippen LogP contribution in [0.15, 0.2) is 30.3 Å². The molecule has 0 radical (unpaired) electrons. The average Bonchev–Trinajstić information content (AvgIpc) is 2.46. The summed E-state index contributed by atoms with van der Waals surface area (Å²) in [6, 6.07) is 8.94. The van der Waals surface area contributed by atoms with Crippen LogP contribution in [0, 0.1) is 12.7 Å². The molecule has 104 valence electrons. The molecule has 0 N–H and O–H groups in total. The number of benzene rings is 2. The molecule has 0 fully saturated rings. The van der Waals surface area contributed by atoms with Gasteiger partial charge in [0.05, 0.1) is 13.7 Å². The van der Waals surface area contributed by atoms with Gasteiger partial charge in [0.1, 0.15) is 17.3 Å². The van der Waals surface area contributed by atoms with Crippen molar-refractivity contribution >= 4 is 0 Å². The molecule has 2 aromatic carbocycles. The minimum atomic E-state index is -0.209. The Bertz CT molecular complexity index is 650. The molecule has 3 heteroatoms. The highest BCUT2D eigenvalue weighted by molar-refractivity contribution is 5.75. The minimum absolute atomic E-state index is 0.209. The van der Waals surface area contributed by atoms with Gasteiger partial charge in [0, 0.05) is 5.56 Å². The molecule has 1 heterocycles. The monoisotopic (exact) mass is 272 g/mol. The number of fused-ring (bicyclic) bond motifs is 1. The zero-order valence-corrected chi connectivity index (χ0v) is 11.7. The SMILES string of the molecule is COc1ccc(-c2cc(F)cc3c2OCCC3)c(C)c1. The number of hydrogen-bond acceptors (Lipinski definition) is 2. The third-order valence-corrected chi connectivity index (χ3v) is 3.69. The Morgan fingerprint density at radius 1 is 1.15 bits per heavy atom. The Balaban J connectivity index is 2.16. The normalized spacial score (nSPS) is 13.6. The van der Waals surface area contributed by atoms with E-state index in [4.69, 9.17) is 9.47 Å². The van der Waals surface area contributed by atoms with Gasteiger partial charge in [0.15, 0.2) is 0 Å². The topological polar surface area (TPSA) is 18.5 Å². The maximum absolute atomic E-state index is 13.8. The van der Waals surface area contributed by atoms with E-state index in [1.807, 2.05) is 25.1 Å². The molecule has 0 amide bonds. The first kappa shape index (κ1) is 13.0. The first-order valence-corrected chi connectivity index (χ1v) is 6.79. The van der Waals surface area contributed by atoms with Crippen molar-refractivity contribution in [1.82, 2.24) is 0 Å². The van der Waals surface area contributed by atoms with Crippen LogP contribution in [0.4, 0.5) is 4.39 Å². The smallest absolute Gasteiger partial charge is 0.130 e. The summed E-state index contributed by atoms with van der Waals surface area (Å²) >= 11 is 0. The Hall–Kier alpha value is -2.03. The quantitative estimate of drug-likeness (QED) is 0.818. The minimum Gasteiger partial charge on any atom is -0.497 e. The number of rotatable bonds is 2. The molecule has 0 spiro atoms. The van der Waals surface area contributed by atoms with Gasteiger partial charge in [0.25, 0.3) is 0 Å². The van der Waals surface area contributed by atoms with Crippen LogP contribution in [0.5, 0.6) is 11.5 Å². The summed E-state index contributed by atoms with van der Waals surface area (Å²) < 4.78 is 24.8. The zero-order chi connectivity index (χ0) is 14.1. The molecule has 1 aliphatic rings. The average molecular weight is 272 g/mol. The van der Waals surface area contributed by atoms with Crippen molar-refractivity contribution in [3.8, 4) is 22.6 Å².